The van der Waals surface area contributed by atoms with Gasteiger partial charge in [-0.15, -0.1) is 29.1 Å². The molecule has 0 aliphatic carbocycles. The summed E-state index contributed by atoms with van der Waals surface area (Å²) in [4.78, 5) is 8.95. The Morgan fingerprint density at radius 2 is 2.07 bits per heavy atom. The van der Waals surface area contributed by atoms with Gasteiger partial charge in [-0.3, -0.25) is 5.10 Å². The molecule has 9 heteroatoms. The summed E-state index contributed by atoms with van der Waals surface area (Å²) in [6, 6.07) is 11.6. The number of nitrogens with one attached hydrogen (secondary N) is 3. The fourth-order valence-corrected chi connectivity index (χ4v) is 2.60. The SMILES string of the molecule is CCNC(=NCc1nc(-c2ccco2)n[nH]1)NCCc1ccccc1OC.I. The summed E-state index contributed by atoms with van der Waals surface area (Å²) in [6.07, 6.45) is 2.43. The zero-order valence-electron chi connectivity index (χ0n) is 15.9. The van der Waals surface area contributed by atoms with E-state index < -0.39 is 0 Å². The van der Waals surface area contributed by atoms with Crippen LogP contribution in [-0.2, 0) is 13.0 Å². The molecule has 0 saturated heterocycles. The predicted molar refractivity (Wildman–Crippen MR) is 119 cm³/mol. The van der Waals surface area contributed by atoms with Gasteiger partial charge in [0.15, 0.2) is 11.7 Å². The lowest BCUT2D eigenvalue weighted by atomic mass is 10.1. The Labute approximate surface area is 181 Å². The van der Waals surface area contributed by atoms with Gasteiger partial charge in [0.2, 0.25) is 5.82 Å². The number of furan rings is 1. The molecule has 28 heavy (non-hydrogen) atoms. The first-order chi connectivity index (χ1) is 13.3. The van der Waals surface area contributed by atoms with Crippen molar-refractivity contribution in [3.05, 3.63) is 54.0 Å². The Hall–Kier alpha value is -2.56. The first-order valence-corrected chi connectivity index (χ1v) is 8.89. The smallest absolute Gasteiger partial charge is 0.216 e. The van der Waals surface area contributed by atoms with Gasteiger partial charge in [0.05, 0.1) is 13.4 Å². The first-order valence-electron chi connectivity index (χ1n) is 8.89. The monoisotopic (exact) mass is 496 g/mol. The summed E-state index contributed by atoms with van der Waals surface area (Å²) < 4.78 is 10.7. The van der Waals surface area contributed by atoms with Crippen LogP contribution in [0.1, 0.15) is 18.3 Å². The molecule has 0 spiro atoms. The van der Waals surface area contributed by atoms with Gasteiger partial charge in [-0.05, 0) is 37.1 Å². The molecule has 0 aliphatic rings. The van der Waals surface area contributed by atoms with E-state index in [4.69, 9.17) is 9.15 Å². The van der Waals surface area contributed by atoms with Gasteiger partial charge in [0.25, 0.3) is 0 Å². The summed E-state index contributed by atoms with van der Waals surface area (Å²) in [5.41, 5.74) is 1.15. The third-order valence-electron chi connectivity index (χ3n) is 3.88. The lowest BCUT2D eigenvalue weighted by Crippen LogP contribution is -2.38. The highest BCUT2D eigenvalue weighted by Crippen LogP contribution is 2.17. The van der Waals surface area contributed by atoms with Gasteiger partial charge in [-0.2, -0.15) is 0 Å². The Morgan fingerprint density at radius 1 is 1.21 bits per heavy atom. The number of halogens is 1. The van der Waals surface area contributed by atoms with Crippen molar-refractivity contribution in [1.29, 1.82) is 0 Å². The van der Waals surface area contributed by atoms with Gasteiger partial charge in [0, 0.05) is 13.1 Å². The Kier molecular flexibility index (Phi) is 8.79. The van der Waals surface area contributed by atoms with E-state index in [1.165, 1.54) is 0 Å². The zero-order valence-corrected chi connectivity index (χ0v) is 18.3. The van der Waals surface area contributed by atoms with E-state index in [0.717, 1.165) is 36.8 Å². The molecule has 3 aromatic rings. The molecule has 0 fully saturated rings. The van der Waals surface area contributed by atoms with Gasteiger partial charge in [-0.25, -0.2) is 9.98 Å². The number of ether oxygens (including phenoxy) is 1. The average molecular weight is 496 g/mol. The number of hydrogen-bond donors (Lipinski definition) is 3. The van der Waals surface area contributed by atoms with Gasteiger partial charge in [0.1, 0.15) is 18.1 Å². The fraction of sp³-hybridized carbons (Fsp3) is 0.316. The number of guanidine groups is 1. The molecule has 2 aromatic heterocycles. The van der Waals surface area contributed by atoms with E-state index in [1.807, 2.05) is 31.2 Å². The van der Waals surface area contributed by atoms with Crippen molar-refractivity contribution in [2.45, 2.75) is 19.9 Å². The second-order valence-corrected chi connectivity index (χ2v) is 5.77. The molecule has 1 aromatic carbocycles. The van der Waals surface area contributed by atoms with Crippen LogP contribution < -0.4 is 15.4 Å². The number of H-pyrrole nitrogens is 1. The number of aromatic nitrogens is 3. The highest BCUT2D eigenvalue weighted by atomic mass is 127. The first kappa shape index (κ1) is 21.7. The summed E-state index contributed by atoms with van der Waals surface area (Å²) in [7, 11) is 1.69. The van der Waals surface area contributed by atoms with E-state index >= 15 is 0 Å². The largest absolute Gasteiger partial charge is 0.496 e. The molecule has 3 rings (SSSR count). The van der Waals surface area contributed by atoms with Crippen molar-refractivity contribution in [3.63, 3.8) is 0 Å². The number of methoxy groups -OCH3 is 1. The van der Waals surface area contributed by atoms with E-state index in [2.05, 4.69) is 36.9 Å². The van der Waals surface area contributed by atoms with E-state index in [-0.39, 0.29) is 24.0 Å². The number of hydrogen-bond acceptors (Lipinski definition) is 5. The van der Waals surface area contributed by atoms with Crippen molar-refractivity contribution in [2.75, 3.05) is 20.2 Å². The molecule has 0 amide bonds. The molecule has 3 N–H and O–H groups in total. The Balaban J connectivity index is 0.00000280. The number of aliphatic imine (C=N–C) groups is 1. The van der Waals surface area contributed by atoms with E-state index in [0.29, 0.717) is 24.0 Å². The van der Waals surface area contributed by atoms with Crippen molar-refractivity contribution in [3.8, 4) is 17.3 Å². The quantitative estimate of drug-likeness (QED) is 0.252. The van der Waals surface area contributed by atoms with E-state index in [9.17, 15) is 0 Å². The van der Waals surface area contributed by atoms with Crippen molar-refractivity contribution >= 4 is 29.9 Å². The van der Waals surface area contributed by atoms with Crippen LogP contribution in [0.4, 0.5) is 0 Å². The predicted octanol–water partition coefficient (Wildman–Crippen LogP) is 2.99. The topological polar surface area (TPSA) is 100 Å². The van der Waals surface area contributed by atoms with Crippen LogP contribution in [0, 0.1) is 0 Å². The van der Waals surface area contributed by atoms with Crippen LogP contribution in [0.15, 0.2) is 52.1 Å². The lowest BCUT2D eigenvalue weighted by Gasteiger charge is -2.12. The maximum absolute atomic E-state index is 5.39. The number of rotatable bonds is 8. The molecular weight excluding hydrogens is 471 g/mol. The van der Waals surface area contributed by atoms with Crippen LogP contribution >= 0.6 is 24.0 Å². The highest BCUT2D eigenvalue weighted by molar-refractivity contribution is 14.0. The second kappa shape index (κ2) is 11.3. The molecule has 0 unspecified atom stereocenters. The molecule has 0 atom stereocenters. The Morgan fingerprint density at radius 3 is 2.82 bits per heavy atom. The second-order valence-electron chi connectivity index (χ2n) is 5.77. The van der Waals surface area contributed by atoms with Crippen LogP contribution in [0.25, 0.3) is 11.6 Å². The summed E-state index contributed by atoms with van der Waals surface area (Å²) in [5.74, 6) is 3.45. The molecule has 0 aliphatic heterocycles. The van der Waals surface area contributed by atoms with Gasteiger partial charge in [-0.1, -0.05) is 18.2 Å². The molecule has 0 radical (unpaired) electrons. The van der Waals surface area contributed by atoms with Crippen molar-refractivity contribution in [2.24, 2.45) is 4.99 Å². The number of nitrogens with zero attached hydrogens (tertiary/aromatic N) is 3. The molecular formula is C19H25IN6O2. The van der Waals surface area contributed by atoms with Crippen LogP contribution in [-0.4, -0.2) is 41.3 Å². The molecule has 8 nitrogen and oxygen atoms in total. The third kappa shape index (κ3) is 5.98. The average Bonchev–Trinajstić information content (AvgIpc) is 3.38. The van der Waals surface area contributed by atoms with E-state index in [1.54, 1.807) is 19.4 Å². The highest BCUT2D eigenvalue weighted by Gasteiger charge is 2.08. The Bertz CT molecular complexity index is 863. The van der Waals surface area contributed by atoms with Crippen LogP contribution in [0.2, 0.25) is 0 Å². The zero-order chi connectivity index (χ0) is 18.9. The van der Waals surface area contributed by atoms with Gasteiger partial charge < -0.3 is 19.8 Å². The fourth-order valence-electron chi connectivity index (χ4n) is 2.60. The molecule has 2 heterocycles. The number of aromatic amines is 1. The van der Waals surface area contributed by atoms with Gasteiger partial charge >= 0.3 is 0 Å². The number of benzene rings is 1. The minimum Gasteiger partial charge on any atom is -0.496 e. The number of para-hydroxylation sites is 1. The van der Waals surface area contributed by atoms with Crippen molar-refractivity contribution in [1.82, 2.24) is 25.8 Å². The standard InChI is InChI=1S/C19H24N6O2.HI/c1-3-20-19(21-11-10-14-7-4-5-8-15(14)26-2)22-13-17-23-18(25-24-17)16-9-6-12-27-16;/h4-9,12H,3,10-11,13H2,1-2H3,(H2,20,21,22)(H,23,24,25);1H. The molecule has 150 valence electrons. The maximum Gasteiger partial charge on any atom is 0.216 e. The molecule has 0 bridgehead atoms. The van der Waals surface area contributed by atoms with Crippen LogP contribution in [0.5, 0.6) is 5.75 Å². The molecule has 0 saturated carbocycles. The lowest BCUT2D eigenvalue weighted by molar-refractivity contribution is 0.409. The minimum absolute atomic E-state index is 0. The third-order valence-corrected chi connectivity index (χ3v) is 3.88. The maximum atomic E-state index is 5.39. The van der Waals surface area contributed by atoms with Crippen molar-refractivity contribution < 1.29 is 9.15 Å². The van der Waals surface area contributed by atoms with Crippen LogP contribution in [0.3, 0.4) is 0 Å². The summed E-state index contributed by atoms with van der Waals surface area (Å²) in [5, 5.41) is 13.6. The summed E-state index contributed by atoms with van der Waals surface area (Å²) in [6.45, 7) is 3.92. The normalized spacial score (nSPS) is 11.0. The minimum atomic E-state index is 0. The summed E-state index contributed by atoms with van der Waals surface area (Å²) >= 11 is 0.